The van der Waals surface area contributed by atoms with Crippen molar-refractivity contribution in [2.75, 3.05) is 18.2 Å². The quantitative estimate of drug-likeness (QED) is 0.793. The third-order valence-corrected chi connectivity index (χ3v) is 6.12. The van der Waals surface area contributed by atoms with Gasteiger partial charge in [0.2, 0.25) is 0 Å². The Labute approximate surface area is 144 Å². The number of hydrogen-bond donors (Lipinski definition) is 1. The number of esters is 1. The van der Waals surface area contributed by atoms with Crippen molar-refractivity contribution in [1.82, 2.24) is 0 Å². The molecule has 1 N–H and O–H groups in total. The van der Waals surface area contributed by atoms with Crippen molar-refractivity contribution in [2.24, 2.45) is 0 Å². The van der Waals surface area contributed by atoms with Gasteiger partial charge in [0.25, 0.3) is 5.91 Å². The summed E-state index contributed by atoms with van der Waals surface area (Å²) in [5.74, 6) is -1.06. The van der Waals surface area contributed by atoms with E-state index < -0.39 is 21.7 Å². The van der Waals surface area contributed by atoms with E-state index in [9.17, 15) is 18.0 Å². The van der Waals surface area contributed by atoms with Gasteiger partial charge in [-0.25, -0.2) is 13.2 Å². The first-order chi connectivity index (χ1) is 11.4. The Morgan fingerprint density at radius 2 is 1.88 bits per heavy atom. The Bertz CT molecular complexity index is 855. The van der Waals surface area contributed by atoms with Gasteiger partial charge in [-0.3, -0.25) is 4.79 Å². The van der Waals surface area contributed by atoms with E-state index in [-0.39, 0.29) is 16.2 Å². The standard InChI is InChI=1S/C16H17NO5S2/c1-3-10-24(20,21)13-7-5-4-6-11(13)15(18)17-14-9-8-12(23-14)16(19)22-2/h4-9H,3,10H2,1-2H3,(H,17,18). The van der Waals surface area contributed by atoms with Crippen molar-refractivity contribution >= 4 is 38.1 Å². The number of ether oxygens (including phenoxy) is 1. The largest absolute Gasteiger partial charge is 0.465 e. The van der Waals surface area contributed by atoms with Gasteiger partial charge in [0, 0.05) is 0 Å². The van der Waals surface area contributed by atoms with E-state index in [1.54, 1.807) is 25.1 Å². The monoisotopic (exact) mass is 367 g/mol. The maximum absolute atomic E-state index is 12.4. The minimum Gasteiger partial charge on any atom is -0.465 e. The molecule has 0 bridgehead atoms. The van der Waals surface area contributed by atoms with E-state index in [4.69, 9.17) is 0 Å². The lowest BCUT2D eigenvalue weighted by atomic mass is 10.2. The molecule has 0 atom stereocenters. The van der Waals surface area contributed by atoms with Gasteiger partial charge in [-0.15, -0.1) is 11.3 Å². The van der Waals surface area contributed by atoms with Crippen LogP contribution in [0.25, 0.3) is 0 Å². The van der Waals surface area contributed by atoms with Gasteiger partial charge >= 0.3 is 5.97 Å². The van der Waals surface area contributed by atoms with Crippen LogP contribution >= 0.6 is 11.3 Å². The molecule has 1 amide bonds. The molecular formula is C16H17NO5S2. The fourth-order valence-corrected chi connectivity index (χ4v) is 4.46. The van der Waals surface area contributed by atoms with Gasteiger partial charge in [-0.2, -0.15) is 0 Å². The van der Waals surface area contributed by atoms with Gasteiger partial charge in [0.1, 0.15) is 4.88 Å². The molecular weight excluding hydrogens is 350 g/mol. The Morgan fingerprint density at radius 1 is 1.17 bits per heavy atom. The SMILES string of the molecule is CCCS(=O)(=O)c1ccccc1C(=O)Nc1ccc(C(=O)OC)s1. The Kier molecular flexibility index (Phi) is 5.74. The summed E-state index contributed by atoms with van der Waals surface area (Å²) in [4.78, 5) is 24.2. The van der Waals surface area contributed by atoms with Gasteiger partial charge < -0.3 is 10.1 Å². The van der Waals surface area contributed by atoms with E-state index in [2.05, 4.69) is 10.1 Å². The molecule has 0 fully saturated rings. The maximum Gasteiger partial charge on any atom is 0.348 e. The predicted molar refractivity (Wildman–Crippen MR) is 92.4 cm³/mol. The average Bonchev–Trinajstić information content (AvgIpc) is 3.02. The number of anilines is 1. The number of amides is 1. The first kappa shape index (κ1) is 18.2. The van der Waals surface area contributed by atoms with Crippen molar-refractivity contribution < 1.29 is 22.7 Å². The number of methoxy groups -OCH3 is 1. The molecule has 0 radical (unpaired) electrons. The molecule has 2 rings (SSSR count). The molecule has 128 valence electrons. The highest BCUT2D eigenvalue weighted by Gasteiger charge is 2.22. The molecule has 0 unspecified atom stereocenters. The number of carbonyl (C=O) groups excluding carboxylic acids is 2. The molecule has 6 nitrogen and oxygen atoms in total. The Hall–Kier alpha value is -2.19. The summed E-state index contributed by atoms with van der Waals surface area (Å²) >= 11 is 1.06. The summed E-state index contributed by atoms with van der Waals surface area (Å²) in [6.45, 7) is 1.76. The highest BCUT2D eigenvalue weighted by atomic mass is 32.2. The summed E-state index contributed by atoms with van der Waals surface area (Å²) in [5.41, 5.74) is 0.0824. The van der Waals surface area contributed by atoms with E-state index in [1.165, 1.54) is 25.3 Å². The minimum atomic E-state index is -3.52. The van der Waals surface area contributed by atoms with Crippen LogP contribution in [0.3, 0.4) is 0 Å². The Balaban J connectivity index is 2.28. The van der Waals surface area contributed by atoms with Crippen LogP contribution in [0.1, 0.15) is 33.4 Å². The number of nitrogens with one attached hydrogen (secondary N) is 1. The molecule has 1 aromatic heterocycles. The molecule has 2 aromatic rings. The number of benzene rings is 1. The minimum absolute atomic E-state index is 0.00842. The molecule has 1 aromatic carbocycles. The van der Waals surface area contributed by atoms with Crippen molar-refractivity contribution in [2.45, 2.75) is 18.2 Å². The zero-order chi connectivity index (χ0) is 17.7. The first-order valence-electron chi connectivity index (χ1n) is 7.20. The number of sulfone groups is 1. The van der Waals surface area contributed by atoms with Crippen molar-refractivity contribution in [3.8, 4) is 0 Å². The first-order valence-corrected chi connectivity index (χ1v) is 9.67. The van der Waals surface area contributed by atoms with Crippen molar-refractivity contribution in [3.05, 3.63) is 46.8 Å². The van der Waals surface area contributed by atoms with Gasteiger partial charge in [0.15, 0.2) is 9.84 Å². The lowest BCUT2D eigenvalue weighted by molar-refractivity contribution is 0.0606. The maximum atomic E-state index is 12.4. The van der Waals surface area contributed by atoms with Gasteiger partial charge in [-0.1, -0.05) is 19.1 Å². The lowest BCUT2D eigenvalue weighted by Gasteiger charge is -2.09. The van der Waals surface area contributed by atoms with Crippen LogP contribution in [0, 0.1) is 0 Å². The van der Waals surface area contributed by atoms with Crippen molar-refractivity contribution in [1.29, 1.82) is 0 Å². The van der Waals surface area contributed by atoms with E-state index in [1.807, 2.05) is 0 Å². The summed E-state index contributed by atoms with van der Waals surface area (Å²) in [7, 11) is -2.25. The summed E-state index contributed by atoms with van der Waals surface area (Å²) in [6.07, 6.45) is 0.464. The average molecular weight is 367 g/mol. The van der Waals surface area contributed by atoms with E-state index in [0.717, 1.165) is 11.3 Å². The van der Waals surface area contributed by atoms with Gasteiger partial charge in [0.05, 0.1) is 28.3 Å². The normalized spacial score (nSPS) is 11.1. The zero-order valence-electron chi connectivity index (χ0n) is 13.2. The lowest BCUT2D eigenvalue weighted by Crippen LogP contribution is -2.17. The smallest absolute Gasteiger partial charge is 0.348 e. The molecule has 0 aliphatic carbocycles. The highest BCUT2D eigenvalue weighted by molar-refractivity contribution is 7.91. The van der Waals surface area contributed by atoms with Crippen LogP contribution in [0.15, 0.2) is 41.3 Å². The van der Waals surface area contributed by atoms with Crippen LogP contribution < -0.4 is 5.32 Å². The third-order valence-electron chi connectivity index (χ3n) is 3.17. The Morgan fingerprint density at radius 3 is 2.54 bits per heavy atom. The molecule has 0 spiro atoms. The predicted octanol–water partition coefficient (Wildman–Crippen LogP) is 2.97. The summed E-state index contributed by atoms with van der Waals surface area (Å²) < 4.78 is 29.2. The fourth-order valence-electron chi connectivity index (χ4n) is 2.10. The molecule has 0 aliphatic rings. The fraction of sp³-hybridized carbons (Fsp3) is 0.250. The van der Waals surface area contributed by atoms with Crippen LogP contribution in [0.5, 0.6) is 0 Å². The van der Waals surface area contributed by atoms with Crippen LogP contribution in [0.2, 0.25) is 0 Å². The van der Waals surface area contributed by atoms with Crippen LogP contribution in [-0.2, 0) is 14.6 Å². The number of rotatable bonds is 6. The number of hydrogen-bond acceptors (Lipinski definition) is 6. The second-order valence-corrected chi connectivity index (χ2v) is 8.09. The molecule has 0 aliphatic heterocycles. The summed E-state index contributed by atoms with van der Waals surface area (Å²) in [5, 5.41) is 3.05. The van der Waals surface area contributed by atoms with Crippen LogP contribution in [0.4, 0.5) is 5.00 Å². The second kappa shape index (κ2) is 7.59. The van der Waals surface area contributed by atoms with Crippen LogP contribution in [-0.4, -0.2) is 33.2 Å². The molecule has 24 heavy (non-hydrogen) atoms. The molecule has 8 heteroatoms. The number of thiophene rings is 1. The molecule has 0 saturated carbocycles. The highest BCUT2D eigenvalue weighted by Crippen LogP contribution is 2.25. The van der Waals surface area contributed by atoms with Gasteiger partial charge in [-0.05, 0) is 30.7 Å². The summed E-state index contributed by atoms with van der Waals surface area (Å²) in [6, 6.07) is 9.18. The number of carbonyl (C=O) groups is 2. The molecule has 0 saturated heterocycles. The van der Waals surface area contributed by atoms with Crippen molar-refractivity contribution in [3.63, 3.8) is 0 Å². The second-order valence-electron chi connectivity index (χ2n) is 4.92. The molecule has 1 heterocycles. The third kappa shape index (κ3) is 4.01. The van der Waals surface area contributed by atoms with E-state index in [0.29, 0.717) is 16.3 Å². The topological polar surface area (TPSA) is 89.5 Å². The van der Waals surface area contributed by atoms with E-state index >= 15 is 0 Å². The zero-order valence-corrected chi connectivity index (χ0v) is 14.9.